The first-order chi connectivity index (χ1) is 7.67. The highest BCUT2D eigenvalue weighted by Crippen LogP contribution is 2.05. The molecule has 0 aliphatic rings. The number of hydrogen-bond acceptors (Lipinski definition) is 4. The van der Waals surface area contributed by atoms with Gasteiger partial charge in [-0.2, -0.15) is 0 Å². The summed E-state index contributed by atoms with van der Waals surface area (Å²) < 4.78 is 10.2. The number of methoxy groups -OCH3 is 2. The normalized spacial score (nSPS) is 15.4. The van der Waals surface area contributed by atoms with Crippen molar-refractivity contribution in [3.05, 3.63) is 0 Å². The van der Waals surface area contributed by atoms with Crippen LogP contribution in [0.25, 0.3) is 0 Å². The number of hydrogen-bond donors (Lipinski definition) is 1. The Morgan fingerprint density at radius 1 is 1.12 bits per heavy atom. The van der Waals surface area contributed by atoms with Crippen LogP contribution in [-0.4, -0.2) is 64.1 Å². The molecule has 0 saturated carbocycles. The van der Waals surface area contributed by atoms with Gasteiger partial charge in [0.2, 0.25) is 0 Å². The summed E-state index contributed by atoms with van der Waals surface area (Å²) in [5, 5.41) is 3.39. The van der Waals surface area contributed by atoms with Gasteiger partial charge >= 0.3 is 0 Å². The van der Waals surface area contributed by atoms with Crippen molar-refractivity contribution in [2.45, 2.75) is 32.9 Å². The molecule has 16 heavy (non-hydrogen) atoms. The standard InChI is InChI=1S/C12H28N2O2/c1-6-14(12(3)10-16-5)11(2)9-13-7-8-15-4/h11-13H,6-10H2,1-5H3. The Morgan fingerprint density at radius 3 is 2.31 bits per heavy atom. The molecule has 0 aromatic carbocycles. The Labute approximate surface area is 100 Å². The largest absolute Gasteiger partial charge is 0.383 e. The number of ether oxygens (including phenoxy) is 2. The van der Waals surface area contributed by atoms with Gasteiger partial charge in [0.1, 0.15) is 0 Å². The maximum atomic E-state index is 5.20. The van der Waals surface area contributed by atoms with Gasteiger partial charge in [-0.1, -0.05) is 6.92 Å². The van der Waals surface area contributed by atoms with Crippen LogP contribution < -0.4 is 5.32 Å². The molecule has 0 fully saturated rings. The SMILES string of the molecule is CCN(C(C)CNCCOC)C(C)COC. The predicted molar refractivity (Wildman–Crippen MR) is 67.9 cm³/mol. The molecule has 0 spiro atoms. The number of rotatable bonds is 10. The van der Waals surface area contributed by atoms with Gasteiger partial charge in [-0.25, -0.2) is 0 Å². The Morgan fingerprint density at radius 2 is 1.81 bits per heavy atom. The third-order valence-corrected chi connectivity index (χ3v) is 2.83. The summed E-state index contributed by atoms with van der Waals surface area (Å²) >= 11 is 0. The molecule has 0 aliphatic carbocycles. The average molecular weight is 232 g/mol. The van der Waals surface area contributed by atoms with Crippen LogP contribution in [0.2, 0.25) is 0 Å². The molecular formula is C12H28N2O2. The van der Waals surface area contributed by atoms with Crippen LogP contribution in [0, 0.1) is 0 Å². The van der Waals surface area contributed by atoms with E-state index >= 15 is 0 Å². The van der Waals surface area contributed by atoms with Crippen molar-refractivity contribution in [1.82, 2.24) is 10.2 Å². The second-order valence-electron chi connectivity index (χ2n) is 4.18. The van der Waals surface area contributed by atoms with Gasteiger partial charge in [-0.15, -0.1) is 0 Å². The predicted octanol–water partition coefficient (Wildman–Crippen LogP) is 0.968. The van der Waals surface area contributed by atoms with Gasteiger partial charge in [-0.05, 0) is 20.4 Å². The highest BCUT2D eigenvalue weighted by molar-refractivity contribution is 4.74. The molecule has 1 N–H and O–H groups in total. The summed E-state index contributed by atoms with van der Waals surface area (Å²) in [5.74, 6) is 0. The molecule has 2 unspecified atom stereocenters. The zero-order valence-electron chi connectivity index (χ0n) is 11.5. The third kappa shape index (κ3) is 6.43. The molecule has 4 heteroatoms. The molecule has 0 radical (unpaired) electrons. The van der Waals surface area contributed by atoms with Crippen molar-refractivity contribution in [2.24, 2.45) is 0 Å². The Kier molecular flexibility index (Phi) is 9.92. The fraction of sp³-hybridized carbons (Fsp3) is 1.00. The molecule has 0 aromatic rings. The zero-order chi connectivity index (χ0) is 12.4. The van der Waals surface area contributed by atoms with Gasteiger partial charge < -0.3 is 14.8 Å². The first-order valence-corrected chi connectivity index (χ1v) is 6.11. The molecule has 0 aromatic heterocycles. The van der Waals surface area contributed by atoms with Crippen molar-refractivity contribution in [1.29, 1.82) is 0 Å². The minimum absolute atomic E-state index is 0.467. The molecule has 0 rings (SSSR count). The van der Waals surface area contributed by atoms with Crippen LogP contribution in [0.1, 0.15) is 20.8 Å². The summed E-state index contributed by atoms with van der Waals surface area (Å²) in [6.07, 6.45) is 0. The lowest BCUT2D eigenvalue weighted by molar-refractivity contribution is 0.0774. The first kappa shape index (κ1) is 15.8. The molecule has 98 valence electrons. The molecule has 0 bridgehead atoms. The number of nitrogens with one attached hydrogen (secondary N) is 1. The topological polar surface area (TPSA) is 33.7 Å². The summed E-state index contributed by atoms with van der Waals surface area (Å²) in [4.78, 5) is 2.45. The molecule has 0 heterocycles. The van der Waals surface area contributed by atoms with E-state index in [1.807, 2.05) is 0 Å². The lowest BCUT2D eigenvalue weighted by Crippen LogP contribution is -2.47. The maximum absolute atomic E-state index is 5.20. The molecular weight excluding hydrogens is 204 g/mol. The molecule has 0 amide bonds. The molecule has 0 saturated heterocycles. The fourth-order valence-electron chi connectivity index (χ4n) is 2.00. The van der Waals surface area contributed by atoms with E-state index in [2.05, 4.69) is 31.0 Å². The summed E-state index contributed by atoms with van der Waals surface area (Å²) in [7, 11) is 3.48. The van der Waals surface area contributed by atoms with E-state index in [1.165, 1.54) is 0 Å². The lowest BCUT2D eigenvalue weighted by Gasteiger charge is -2.33. The Bertz CT molecular complexity index is 156. The quantitative estimate of drug-likeness (QED) is 0.569. The second-order valence-corrected chi connectivity index (χ2v) is 4.18. The van der Waals surface area contributed by atoms with Crippen LogP contribution >= 0.6 is 0 Å². The molecule has 0 aliphatic heterocycles. The third-order valence-electron chi connectivity index (χ3n) is 2.83. The van der Waals surface area contributed by atoms with E-state index < -0.39 is 0 Å². The summed E-state index contributed by atoms with van der Waals surface area (Å²) in [6, 6.07) is 0.987. The van der Waals surface area contributed by atoms with E-state index in [0.29, 0.717) is 12.1 Å². The van der Waals surface area contributed by atoms with E-state index in [-0.39, 0.29) is 0 Å². The highest BCUT2D eigenvalue weighted by atomic mass is 16.5. The van der Waals surface area contributed by atoms with Crippen molar-refractivity contribution >= 4 is 0 Å². The van der Waals surface area contributed by atoms with E-state index in [4.69, 9.17) is 9.47 Å². The Balaban J connectivity index is 3.85. The van der Waals surface area contributed by atoms with Crippen LogP contribution in [0.5, 0.6) is 0 Å². The smallest absolute Gasteiger partial charge is 0.0615 e. The van der Waals surface area contributed by atoms with Crippen molar-refractivity contribution < 1.29 is 9.47 Å². The second kappa shape index (κ2) is 10.0. The maximum Gasteiger partial charge on any atom is 0.0615 e. The highest BCUT2D eigenvalue weighted by Gasteiger charge is 2.17. The summed E-state index contributed by atoms with van der Waals surface area (Å²) in [5.41, 5.74) is 0. The minimum Gasteiger partial charge on any atom is -0.383 e. The van der Waals surface area contributed by atoms with E-state index in [9.17, 15) is 0 Å². The average Bonchev–Trinajstić information content (AvgIpc) is 2.26. The van der Waals surface area contributed by atoms with Crippen LogP contribution in [0.15, 0.2) is 0 Å². The van der Waals surface area contributed by atoms with Gasteiger partial charge in [0.25, 0.3) is 0 Å². The monoisotopic (exact) mass is 232 g/mol. The van der Waals surface area contributed by atoms with Crippen LogP contribution in [0.4, 0.5) is 0 Å². The van der Waals surface area contributed by atoms with Crippen molar-refractivity contribution in [3.8, 4) is 0 Å². The van der Waals surface area contributed by atoms with Gasteiger partial charge in [0.15, 0.2) is 0 Å². The van der Waals surface area contributed by atoms with Gasteiger partial charge in [0.05, 0.1) is 13.2 Å². The first-order valence-electron chi connectivity index (χ1n) is 6.11. The van der Waals surface area contributed by atoms with Crippen molar-refractivity contribution in [2.75, 3.05) is 47.1 Å². The van der Waals surface area contributed by atoms with Crippen LogP contribution in [-0.2, 0) is 9.47 Å². The van der Waals surface area contributed by atoms with Crippen LogP contribution in [0.3, 0.4) is 0 Å². The fourth-order valence-corrected chi connectivity index (χ4v) is 2.00. The van der Waals surface area contributed by atoms with Gasteiger partial charge in [0, 0.05) is 39.4 Å². The van der Waals surface area contributed by atoms with E-state index in [1.54, 1.807) is 14.2 Å². The summed E-state index contributed by atoms with van der Waals surface area (Å²) in [6.45, 7) is 11.2. The van der Waals surface area contributed by atoms with Gasteiger partial charge in [-0.3, -0.25) is 4.90 Å². The molecule has 2 atom stereocenters. The molecule has 4 nitrogen and oxygen atoms in total. The minimum atomic E-state index is 0.467. The van der Waals surface area contributed by atoms with E-state index in [0.717, 1.165) is 32.8 Å². The van der Waals surface area contributed by atoms with Crippen molar-refractivity contribution in [3.63, 3.8) is 0 Å². The number of nitrogens with zero attached hydrogens (tertiary/aromatic N) is 1. The zero-order valence-corrected chi connectivity index (χ0v) is 11.5. The number of likely N-dealkylation sites (N-methyl/N-ethyl adjacent to an activating group) is 1. The lowest BCUT2D eigenvalue weighted by atomic mass is 10.2. The Hall–Kier alpha value is -0.160.